The van der Waals surface area contributed by atoms with Crippen LogP contribution in [0.4, 0.5) is 0 Å². The monoisotopic (exact) mass is 349 g/mol. The highest BCUT2D eigenvalue weighted by molar-refractivity contribution is 6.07. The first-order valence-corrected chi connectivity index (χ1v) is 8.63. The number of likely N-dealkylation sites (tertiary alicyclic amines) is 1. The van der Waals surface area contributed by atoms with Crippen LogP contribution in [0.5, 0.6) is 5.75 Å². The average Bonchev–Trinajstić information content (AvgIpc) is 2.91. The van der Waals surface area contributed by atoms with Gasteiger partial charge < -0.3 is 9.84 Å². The van der Waals surface area contributed by atoms with E-state index in [0.717, 1.165) is 15.7 Å². The van der Waals surface area contributed by atoms with E-state index in [1.165, 1.54) is 0 Å². The number of nitrogens with zero attached hydrogens (tertiary/aromatic N) is 1. The Bertz CT molecular complexity index is 887. The van der Waals surface area contributed by atoms with Crippen molar-refractivity contribution in [1.29, 1.82) is 0 Å². The highest BCUT2D eigenvalue weighted by Gasteiger charge is 2.45. The minimum atomic E-state index is -0.942. The molecule has 2 aliphatic rings. The van der Waals surface area contributed by atoms with Crippen LogP contribution < -0.4 is 4.74 Å². The van der Waals surface area contributed by atoms with Crippen molar-refractivity contribution in [2.24, 2.45) is 11.8 Å². The quantitative estimate of drug-likeness (QED) is 0.841. The molecule has 1 saturated heterocycles. The smallest absolute Gasteiger partial charge is 0.237 e. The van der Waals surface area contributed by atoms with Gasteiger partial charge in [0.2, 0.25) is 11.8 Å². The van der Waals surface area contributed by atoms with Gasteiger partial charge in [-0.05, 0) is 22.9 Å². The fourth-order valence-electron chi connectivity index (χ4n) is 3.44. The predicted octanol–water partition coefficient (Wildman–Crippen LogP) is 2.31. The van der Waals surface area contributed by atoms with Crippen molar-refractivity contribution in [2.45, 2.75) is 6.10 Å². The fraction of sp³-hybridized carbons (Fsp3) is 0.238. The number of benzene rings is 2. The molecule has 2 amide bonds. The third kappa shape index (κ3) is 3.02. The van der Waals surface area contributed by atoms with Crippen LogP contribution in [0.15, 0.2) is 66.8 Å². The summed E-state index contributed by atoms with van der Waals surface area (Å²) in [6.45, 7) is -0.0453. The van der Waals surface area contributed by atoms with E-state index in [2.05, 4.69) is 0 Å². The number of hydrogen-bond acceptors (Lipinski definition) is 4. The predicted molar refractivity (Wildman–Crippen MR) is 97.4 cm³/mol. The zero-order valence-electron chi connectivity index (χ0n) is 14.1. The molecule has 3 atom stereocenters. The van der Waals surface area contributed by atoms with Crippen LogP contribution in [-0.2, 0) is 9.59 Å². The number of allylic oxidation sites excluding steroid dienone is 2. The summed E-state index contributed by atoms with van der Waals surface area (Å²) in [5.74, 6) is -0.765. The lowest BCUT2D eigenvalue weighted by atomic mass is 9.91. The Morgan fingerprint density at radius 2 is 1.62 bits per heavy atom. The maximum Gasteiger partial charge on any atom is 0.237 e. The third-order valence-corrected chi connectivity index (χ3v) is 4.79. The van der Waals surface area contributed by atoms with Gasteiger partial charge in [-0.15, -0.1) is 0 Å². The van der Waals surface area contributed by atoms with Crippen molar-refractivity contribution in [3.8, 4) is 5.75 Å². The second-order valence-electron chi connectivity index (χ2n) is 6.58. The van der Waals surface area contributed by atoms with Gasteiger partial charge in [0, 0.05) is 0 Å². The molecule has 1 aliphatic heterocycles. The molecule has 0 bridgehead atoms. The van der Waals surface area contributed by atoms with Crippen molar-refractivity contribution >= 4 is 22.6 Å². The summed E-state index contributed by atoms with van der Waals surface area (Å²) in [6, 6.07) is 13.6. The number of carbonyl (C=O) groups is 2. The van der Waals surface area contributed by atoms with E-state index >= 15 is 0 Å². The first kappa shape index (κ1) is 16.5. The summed E-state index contributed by atoms with van der Waals surface area (Å²) < 4.78 is 5.65. The Balaban J connectivity index is 1.38. The number of aliphatic hydroxyl groups is 1. The standard InChI is InChI=1S/C21H19NO4/c23-16(12-22-20(24)18-7-3-4-8-19(18)21(22)25)13-26-17-10-9-14-5-1-2-6-15(14)11-17/h1-11,16,18-19,23H,12-13H2. The number of amides is 2. The lowest BCUT2D eigenvalue weighted by Gasteiger charge is -2.19. The van der Waals surface area contributed by atoms with Gasteiger partial charge >= 0.3 is 0 Å². The molecule has 0 radical (unpaired) electrons. The molecule has 3 unspecified atom stereocenters. The van der Waals surface area contributed by atoms with Crippen molar-refractivity contribution in [3.05, 3.63) is 66.8 Å². The number of hydrogen-bond donors (Lipinski definition) is 1. The van der Waals surface area contributed by atoms with E-state index in [-0.39, 0.29) is 25.0 Å². The Hall–Kier alpha value is -2.92. The minimum Gasteiger partial charge on any atom is -0.491 e. The average molecular weight is 349 g/mol. The van der Waals surface area contributed by atoms with Gasteiger partial charge in [0.1, 0.15) is 18.5 Å². The summed E-state index contributed by atoms with van der Waals surface area (Å²) >= 11 is 0. The molecule has 4 rings (SSSR count). The SMILES string of the molecule is O=C1C2C=CC=CC2C(=O)N1CC(O)COc1ccc2ccccc2c1. The van der Waals surface area contributed by atoms with Gasteiger partial charge in [0.15, 0.2) is 0 Å². The minimum absolute atomic E-state index is 0.0103. The number of carbonyl (C=O) groups excluding carboxylic acids is 2. The van der Waals surface area contributed by atoms with E-state index < -0.39 is 17.9 Å². The summed E-state index contributed by atoms with van der Waals surface area (Å²) in [4.78, 5) is 25.9. The molecular weight excluding hydrogens is 330 g/mol. The summed E-state index contributed by atoms with van der Waals surface area (Å²) in [5.41, 5.74) is 0. The van der Waals surface area contributed by atoms with Crippen molar-refractivity contribution in [1.82, 2.24) is 4.90 Å². The van der Waals surface area contributed by atoms with E-state index in [4.69, 9.17) is 4.74 Å². The Morgan fingerprint density at radius 3 is 2.31 bits per heavy atom. The number of aliphatic hydroxyl groups excluding tert-OH is 1. The van der Waals surface area contributed by atoms with E-state index in [1.54, 1.807) is 24.3 Å². The van der Waals surface area contributed by atoms with Gasteiger partial charge in [-0.3, -0.25) is 14.5 Å². The van der Waals surface area contributed by atoms with Crippen LogP contribution in [-0.4, -0.2) is 41.1 Å². The highest BCUT2D eigenvalue weighted by atomic mass is 16.5. The zero-order valence-corrected chi connectivity index (χ0v) is 14.1. The van der Waals surface area contributed by atoms with Gasteiger partial charge in [0.05, 0.1) is 18.4 Å². The molecule has 0 saturated carbocycles. The maximum atomic E-state index is 12.4. The molecule has 5 nitrogen and oxygen atoms in total. The zero-order chi connectivity index (χ0) is 18.1. The molecule has 0 aromatic heterocycles. The number of ether oxygens (including phenoxy) is 1. The molecule has 26 heavy (non-hydrogen) atoms. The number of rotatable bonds is 5. The fourth-order valence-corrected chi connectivity index (χ4v) is 3.44. The summed E-state index contributed by atoms with van der Waals surface area (Å²) in [6.07, 6.45) is 6.08. The molecule has 1 N–H and O–H groups in total. The maximum absolute atomic E-state index is 12.4. The van der Waals surface area contributed by atoms with Crippen molar-refractivity contribution in [2.75, 3.05) is 13.2 Å². The van der Waals surface area contributed by atoms with E-state index in [9.17, 15) is 14.7 Å². The molecule has 2 aromatic rings. The normalized spacial score (nSPS) is 22.7. The molecule has 0 spiro atoms. The Morgan fingerprint density at radius 1 is 0.962 bits per heavy atom. The second kappa shape index (κ2) is 6.77. The first-order valence-electron chi connectivity index (χ1n) is 8.63. The van der Waals surface area contributed by atoms with Crippen LogP contribution in [0, 0.1) is 11.8 Å². The van der Waals surface area contributed by atoms with Crippen LogP contribution in [0.25, 0.3) is 10.8 Å². The molecule has 2 aromatic carbocycles. The van der Waals surface area contributed by atoms with Crippen LogP contribution in [0.2, 0.25) is 0 Å². The summed E-state index contributed by atoms with van der Waals surface area (Å²) in [7, 11) is 0. The Labute approximate surface area is 151 Å². The largest absolute Gasteiger partial charge is 0.491 e. The molecule has 132 valence electrons. The van der Waals surface area contributed by atoms with E-state index in [0.29, 0.717) is 5.75 Å². The molecule has 5 heteroatoms. The van der Waals surface area contributed by atoms with E-state index in [1.807, 2.05) is 42.5 Å². The summed E-state index contributed by atoms with van der Waals surface area (Å²) in [5, 5.41) is 12.4. The molecule has 1 aliphatic carbocycles. The number of imide groups is 1. The van der Waals surface area contributed by atoms with Crippen LogP contribution >= 0.6 is 0 Å². The second-order valence-corrected chi connectivity index (χ2v) is 6.58. The van der Waals surface area contributed by atoms with Gasteiger partial charge in [-0.2, -0.15) is 0 Å². The van der Waals surface area contributed by atoms with Crippen LogP contribution in [0.1, 0.15) is 0 Å². The number of fused-ring (bicyclic) bond motifs is 2. The third-order valence-electron chi connectivity index (χ3n) is 4.79. The topological polar surface area (TPSA) is 66.8 Å². The lowest BCUT2D eigenvalue weighted by molar-refractivity contribution is -0.141. The lowest BCUT2D eigenvalue weighted by Crippen LogP contribution is -2.39. The molecule has 1 fully saturated rings. The van der Waals surface area contributed by atoms with Crippen molar-refractivity contribution in [3.63, 3.8) is 0 Å². The van der Waals surface area contributed by atoms with Gasteiger partial charge in [-0.1, -0.05) is 54.6 Å². The Kier molecular flexibility index (Phi) is 4.31. The van der Waals surface area contributed by atoms with Crippen molar-refractivity contribution < 1.29 is 19.4 Å². The first-order chi connectivity index (χ1) is 12.6. The van der Waals surface area contributed by atoms with Gasteiger partial charge in [-0.25, -0.2) is 0 Å². The number of β-amino-alcohol motifs (C(OH)–C–C–N with tert-alkyl or cyclic N) is 1. The van der Waals surface area contributed by atoms with Gasteiger partial charge in [0.25, 0.3) is 0 Å². The highest BCUT2D eigenvalue weighted by Crippen LogP contribution is 2.31. The molecular formula is C21H19NO4. The van der Waals surface area contributed by atoms with Crippen LogP contribution in [0.3, 0.4) is 0 Å². The molecule has 1 heterocycles.